The number of hydrogen-bond acceptors (Lipinski definition) is 10. The Morgan fingerprint density at radius 2 is 1.88 bits per heavy atom. The molecule has 0 spiro atoms. The number of halogens is 1. The number of nitrogens with one attached hydrogen (secondary N) is 1. The molecule has 2 aromatic carbocycles. The van der Waals surface area contributed by atoms with Crippen LogP contribution in [0.2, 0.25) is 5.15 Å². The largest absolute Gasteiger partial charge is 0.459 e. The number of rotatable bonds is 13. The Hall–Kier alpha value is -4.36. The van der Waals surface area contributed by atoms with Crippen molar-refractivity contribution in [3.8, 4) is 22.5 Å². The highest BCUT2D eigenvalue weighted by Crippen LogP contribution is 2.33. The topological polar surface area (TPSA) is 160 Å². The van der Waals surface area contributed by atoms with Crippen LogP contribution in [0.5, 0.6) is 0 Å². The standard InChI is InChI=1S/C29H32ClN7O6/c1-3-4-9-26-31-27(30)23(17-42-29(38)20-14-24(41-2)25(15-20)43-37(39)40)36(26)16-18-10-12-19(13-11-18)21-7-5-6-8-22(21)28-32-34-35-33-28/h5-8,10-13,20,24-25H,3-4,9,14-17H2,1-2H3,(H,32,33,34,35)/t20-,24+,25+/m1/s1. The number of nitrogens with zero attached hydrogens (tertiary/aromatic N) is 6. The van der Waals surface area contributed by atoms with Crippen molar-refractivity contribution in [2.24, 2.45) is 5.92 Å². The monoisotopic (exact) mass is 609 g/mol. The molecule has 0 saturated heterocycles. The molecule has 2 aromatic heterocycles. The van der Waals surface area contributed by atoms with Crippen molar-refractivity contribution in [2.45, 2.75) is 64.4 Å². The minimum absolute atomic E-state index is 0.0810. The molecule has 226 valence electrons. The number of imidazole rings is 1. The molecule has 13 nitrogen and oxygen atoms in total. The lowest BCUT2D eigenvalue weighted by molar-refractivity contribution is -0.770. The number of H-pyrrole nitrogens is 1. The average molecular weight is 610 g/mol. The number of ether oxygens (including phenoxy) is 2. The van der Waals surface area contributed by atoms with Crippen LogP contribution in [0.25, 0.3) is 22.5 Å². The van der Waals surface area contributed by atoms with Crippen LogP contribution in [-0.4, -0.2) is 60.5 Å². The van der Waals surface area contributed by atoms with E-state index in [0.717, 1.165) is 47.3 Å². The molecule has 0 unspecified atom stereocenters. The van der Waals surface area contributed by atoms with Gasteiger partial charge in [-0.15, -0.1) is 15.2 Å². The SMILES string of the molecule is CCCCc1nc(Cl)c(COC(=O)[C@@H]2C[C@H](OC)[C@@H](O[N+](=O)[O-])C2)n1Cc1ccc(-c2ccccc2-c2nnn[nH]2)cc1. The summed E-state index contributed by atoms with van der Waals surface area (Å²) in [7, 11) is 1.43. The third kappa shape index (κ3) is 7.00. The van der Waals surface area contributed by atoms with E-state index >= 15 is 0 Å². The third-order valence-corrected chi connectivity index (χ3v) is 7.95. The number of carbonyl (C=O) groups is 1. The summed E-state index contributed by atoms with van der Waals surface area (Å²) >= 11 is 6.58. The van der Waals surface area contributed by atoms with Gasteiger partial charge in [0, 0.05) is 25.6 Å². The molecule has 1 aliphatic carbocycles. The number of aryl methyl sites for hydroxylation is 1. The fraction of sp³-hybridized carbons (Fsp3) is 0.414. The van der Waals surface area contributed by atoms with Crippen molar-refractivity contribution in [1.82, 2.24) is 30.2 Å². The summed E-state index contributed by atoms with van der Waals surface area (Å²) in [5.41, 5.74) is 4.49. The third-order valence-electron chi connectivity index (χ3n) is 7.65. The van der Waals surface area contributed by atoms with E-state index in [2.05, 4.69) is 32.5 Å². The smallest absolute Gasteiger partial charge is 0.309 e. The first-order chi connectivity index (χ1) is 20.9. The van der Waals surface area contributed by atoms with Crippen LogP contribution >= 0.6 is 11.6 Å². The Balaban J connectivity index is 1.33. The van der Waals surface area contributed by atoms with Crippen molar-refractivity contribution in [1.29, 1.82) is 0 Å². The molecule has 0 aliphatic heterocycles. The lowest BCUT2D eigenvalue weighted by Crippen LogP contribution is -2.27. The molecular formula is C29H32ClN7O6. The Morgan fingerprint density at radius 1 is 1.14 bits per heavy atom. The minimum Gasteiger partial charge on any atom is -0.459 e. The number of hydrogen-bond donors (Lipinski definition) is 1. The zero-order valence-corrected chi connectivity index (χ0v) is 24.6. The normalized spacial score (nSPS) is 18.1. The molecule has 0 radical (unpaired) electrons. The number of aromatic nitrogens is 6. The van der Waals surface area contributed by atoms with Gasteiger partial charge in [0.2, 0.25) is 0 Å². The molecule has 5 rings (SSSR count). The van der Waals surface area contributed by atoms with Gasteiger partial charge >= 0.3 is 5.97 Å². The second-order valence-electron chi connectivity index (χ2n) is 10.4. The van der Waals surface area contributed by atoms with E-state index in [9.17, 15) is 14.9 Å². The fourth-order valence-electron chi connectivity index (χ4n) is 5.42. The molecule has 14 heteroatoms. The molecule has 43 heavy (non-hydrogen) atoms. The fourth-order valence-corrected chi connectivity index (χ4v) is 5.68. The first kappa shape index (κ1) is 30.1. The van der Waals surface area contributed by atoms with Gasteiger partial charge in [-0.25, -0.2) is 10.1 Å². The highest BCUT2D eigenvalue weighted by molar-refractivity contribution is 6.30. The predicted molar refractivity (Wildman–Crippen MR) is 155 cm³/mol. The molecule has 1 saturated carbocycles. The molecule has 1 aliphatic rings. The van der Waals surface area contributed by atoms with Gasteiger partial charge in [-0.1, -0.05) is 73.5 Å². The van der Waals surface area contributed by atoms with Gasteiger partial charge < -0.3 is 18.9 Å². The Kier molecular flexibility index (Phi) is 9.62. The van der Waals surface area contributed by atoms with Gasteiger partial charge in [-0.3, -0.25) is 4.79 Å². The van der Waals surface area contributed by atoms with Gasteiger partial charge in [-0.05, 0) is 46.4 Å². The van der Waals surface area contributed by atoms with Gasteiger partial charge in [0.05, 0.1) is 17.7 Å². The molecular weight excluding hydrogens is 578 g/mol. The Morgan fingerprint density at radius 3 is 2.56 bits per heavy atom. The van der Waals surface area contributed by atoms with Crippen molar-refractivity contribution in [3.63, 3.8) is 0 Å². The lowest BCUT2D eigenvalue weighted by Gasteiger charge is -2.15. The summed E-state index contributed by atoms with van der Waals surface area (Å²) in [4.78, 5) is 33.1. The maximum absolute atomic E-state index is 13.0. The van der Waals surface area contributed by atoms with Gasteiger partial charge in [0.25, 0.3) is 5.09 Å². The zero-order chi connectivity index (χ0) is 30.3. The molecule has 1 fully saturated rings. The number of aromatic amines is 1. The summed E-state index contributed by atoms with van der Waals surface area (Å²) in [5, 5.41) is 24.5. The van der Waals surface area contributed by atoms with E-state index in [1.807, 2.05) is 53.1 Å². The summed E-state index contributed by atoms with van der Waals surface area (Å²) in [6, 6.07) is 16.0. The molecule has 3 atom stereocenters. The summed E-state index contributed by atoms with van der Waals surface area (Å²) in [5.74, 6) is 0.321. The molecule has 1 N–H and O–H groups in total. The van der Waals surface area contributed by atoms with E-state index in [0.29, 0.717) is 18.1 Å². The zero-order valence-electron chi connectivity index (χ0n) is 23.8. The van der Waals surface area contributed by atoms with Crippen LogP contribution in [0.15, 0.2) is 48.5 Å². The van der Waals surface area contributed by atoms with Gasteiger partial charge in [-0.2, -0.15) is 0 Å². The summed E-state index contributed by atoms with van der Waals surface area (Å²) in [6.07, 6.45) is 1.64. The molecule has 4 aromatic rings. The summed E-state index contributed by atoms with van der Waals surface area (Å²) < 4.78 is 13.0. The lowest BCUT2D eigenvalue weighted by atomic mass is 9.98. The van der Waals surface area contributed by atoms with Gasteiger partial charge in [0.15, 0.2) is 11.0 Å². The van der Waals surface area contributed by atoms with Crippen LogP contribution in [0.1, 0.15) is 49.7 Å². The maximum Gasteiger partial charge on any atom is 0.309 e. The minimum atomic E-state index is -0.861. The quantitative estimate of drug-likeness (QED) is 0.126. The van der Waals surface area contributed by atoms with E-state index in [1.54, 1.807) is 0 Å². The second kappa shape index (κ2) is 13.7. The number of carbonyl (C=O) groups excluding carboxylic acids is 1. The number of esters is 1. The molecule has 2 heterocycles. The number of unbranched alkanes of at least 4 members (excludes halogenated alkanes) is 1. The van der Waals surface area contributed by atoms with Crippen molar-refractivity contribution in [2.75, 3.05) is 7.11 Å². The van der Waals surface area contributed by atoms with E-state index in [1.165, 1.54) is 7.11 Å². The summed E-state index contributed by atoms with van der Waals surface area (Å²) in [6.45, 7) is 2.50. The van der Waals surface area contributed by atoms with Crippen molar-refractivity contribution >= 4 is 17.6 Å². The first-order valence-electron chi connectivity index (χ1n) is 14.0. The number of benzene rings is 2. The van der Waals surface area contributed by atoms with Gasteiger partial charge in [0.1, 0.15) is 18.5 Å². The molecule has 0 amide bonds. The van der Waals surface area contributed by atoms with Crippen LogP contribution < -0.4 is 0 Å². The number of tetrazole rings is 1. The highest BCUT2D eigenvalue weighted by Gasteiger charge is 2.41. The van der Waals surface area contributed by atoms with Crippen LogP contribution in [0, 0.1) is 16.0 Å². The molecule has 0 bridgehead atoms. The van der Waals surface area contributed by atoms with Crippen molar-refractivity contribution in [3.05, 3.63) is 80.9 Å². The van der Waals surface area contributed by atoms with Crippen molar-refractivity contribution < 1.29 is 24.2 Å². The highest BCUT2D eigenvalue weighted by atomic mass is 35.5. The Labute approximate surface area is 252 Å². The average Bonchev–Trinajstić information content (AvgIpc) is 3.75. The first-order valence-corrected chi connectivity index (χ1v) is 14.4. The van der Waals surface area contributed by atoms with Crippen LogP contribution in [0.4, 0.5) is 0 Å². The van der Waals surface area contributed by atoms with Crippen LogP contribution in [-0.2, 0) is 38.7 Å². The predicted octanol–water partition coefficient (Wildman–Crippen LogP) is 4.82. The Bertz CT molecular complexity index is 1540. The van der Waals surface area contributed by atoms with E-state index in [-0.39, 0.29) is 24.6 Å². The van der Waals surface area contributed by atoms with E-state index < -0.39 is 29.2 Å². The van der Waals surface area contributed by atoms with Crippen LogP contribution in [0.3, 0.4) is 0 Å². The number of methoxy groups -OCH3 is 1. The second-order valence-corrected chi connectivity index (χ2v) is 10.7. The van der Waals surface area contributed by atoms with E-state index in [4.69, 9.17) is 25.9 Å². The maximum atomic E-state index is 13.0.